The normalized spacial score (nSPS) is 29.2. The van der Waals surface area contributed by atoms with E-state index >= 15 is 0 Å². The molecule has 0 bridgehead atoms. The van der Waals surface area contributed by atoms with Gasteiger partial charge in [-0.1, -0.05) is 0 Å². The minimum atomic E-state index is -0.668. The molecule has 5 rings (SSSR count). The minimum absolute atomic E-state index is 0.0296. The first-order valence-corrected chi connectivity index (χ1v) is 9.46. The number of amides is 5. The third-order valence-electron chi connectivity index (χ3n) is 6.09. The fourth-order valence-electron chi connectivity index (χ4n) is 4.79. The molecule has 4 aliphatic heterocycles. The Morgan fingerprint density at radius 1 is 1.14 bits per heavy atom. The highest BCUT2D eigenvalue weighted by atomic mass is 16.5. The van der Waals surface area contributed by atoms with Crippen LogP contribution in [0.4, 0.5) is 10.5 Å². The van der Waals surface area contributed by atoms with Crippen LogP contribution in [-0.2, 0) is 14.3 Å². The number of likely N-dealkylation sites (tertiary alicyclic amines) is 1. The van der Waals surface area contributed by atoms with Gasteiger partial charge in [0.25, 0.3) is 5.91 Å². The molecule has 28 heavy (non-hydrogen) atoms. The van der Waals surface area contributed by atoms with Gasteiger partial charge in [0.1, 0.15) is 6.54 Å². The maximum absolute atomic E-state index is 13.1. The molecule has 4 fully saturated rings. The molecule has 9 nitrogen and oxygen atoms in total. The Labute approximate surface area is 161 Å². The predicted molar refractivity (Wildman–Crippen MR) is 96.4 cm³/mol. The molecule has 0 aromatic heterocycles. The van der Waals surface area contributed by atoms with Crippen LogP contribution < -0.4 is 10.2 Å². The molecule has 1 N–H and O–H groups in total. The van der Waals surface area contributed by atoms with Crippen LogP contribution in [0.15, 0.2) is 24.3 Å². The van der Waals surface area contributed by atoms with Gasteiger partial charge in [-0.2, -0.15) is 0 Å². The molecule has 2 atom stereocenters. The highest BCUT2D eigenvalue weighted by molar-refractivity contribution is 6.12. The molecule has 9 heteroatoms. The molecule has 0 aliphatic carbocycles. The first-order valence-electron chi connectivity index (χ1n) is 9.46. The maximum atomic E-state index is 13.1. The van der Waals surface area contributed by atoms with Gasteiger partial charge < -0.3 is 14.5 Å². The lowest BCUT2D eigenvalue weighted by Crippen LogP contribution is -2.56. The zero-order valence-corrected chi connectivity index (χ0v) is 15.2. The zero-order chi connectivity index (χ0) is 19.5. The topological polar surface area (TPSA) is 99.3 Å². The lowest BCUT2D eigenvalue weighted by molar-refractivity contribution is -0.179. The van der Waals surface area contributed by atoms with Crippen LogP contribution in [0.5, 0.6) is 0 Å². The maximum Gasteiger partial charge on any atom is 0.329 e. The number of hydrogen-bond acceptors (Lipinski definition) is 5. The van der Waals surface area contributed by atoms with E-state index in [0.717, 1.165) is 6.42 Å². The van der Waals surface area contributed by atoms with Crippen molar-refractivity contribution in [2.45, 2.75) is 31.0 Å². The molecule has 0 saturated carbocycles. The fourth-order valence-corrected chi connectivity index (χ4v) is 4.79. The summed E-state index contributed by atoms with van der Waals surface area (Å²) in [5.74, 6) is -0.461. The predicted octanol–water partition coefficient (Wildman–Crippen LogP) is 0.306. The number of imide groups is 1. The molecular formula is C19H20N4O5. The second-order valence-corrected chi connectivity index (χ2v) is 7.55. The number of nitrogens with one attached hydrogen (secondary N) is 1. The highest BCUT2D eigenvalue weighted by Gasteiger charge is 2.61. The summed E-state index contributed by atoms with van der Waals surface area (Å²) in [6.07, 6.45) is 1.74. The Morgan fingerprint density at radius 3 is 2.64 bits per heavy atom. The van der Waals surface area contributed by atoms with Crippen molar-refractivity contribution in [3.63, 3.8) is 0 Å². The average molecular weight is 384 g/mol. The fraction of sp³-hybridized carbons (Fsp3) is 0.474. The number of urea groups is 1. The lowest BCUT2D eigenvalue weighted by atomic mass is 10.0. The van der Waals surface area contributed by atoms with E-state index in [4.69, 9.17) is 4.74 Å². The molecule has 5 amide bonds. The number of rotatable bonds is 2. The van der Waals surface area contributed by atoms with Crippen LogP contribution in [-0.4, -0.2) is 71.6 Å². The summed E-state index contributed by atoms with van der Waals surface area (Å²) in [6.45, 7) is 1.80. The monoisotopic (exact) mass is 384 g/mol. The SMILES string of the molecule is O=C1CN(c2ccc(C(=O)N3CC[C@@]45OCCCN4C(=O)C[C@@H]35)cc2)C(=O)N1. The molecule has 146 valence electrons. The average Bonchev–Trinajstić information content (AvgIpc) is 3.30. The van der Waals surface area contributed by atoms with E-state index in [1.54, 1.807) is 34.1 Å². The lowest BCUT2D eigenvalue weighted by Gasteiger charge is -2.42. The Balaban J connectivity index is 1.36. The van der Waals surface area contributed by atoms with Crippen molar-refractivity contribution in [3.8, 4) is 0 Å². The highest BCUT2D eigenvalue weighted by Crippen LogP contribution is 2.45. The molecule has 0 radical (unpaired) electrons. The summed E-state index contributed by atoms with van der Waals surface area (Å²) >= 11 is 0. The molecule has 0 unspecified atom stereocenters. The van der Waals surface area contributed by atoms with E-state index in [9.17, 15) is 19.2 Å². The van der Waals surface area contributed by atoms with Gasteiger partial charge in [-0.05, 0) is 30.7 Å². The minimum Gasteiger partial charge on any atom is -0.353 e. The number of anilines is 1. The third-order valence-corrected chi connectivity index (χ3v) is 6.09. The molecule has 1 aromatic carbocycles. The Morgan fingerprint density at radius 2 is 1.93 bits per heavy atom. The first-order chi connectivity index (χ1) is 13.5. The van der Waals surface area contributed by atoms with Crippen molar-refractivity contribution in [1.82, 2.24) is 15.1 Å². The van der Waals surface area contributed by atoms with Crippen LogP contribution in [0.3, 0.4) is 0 Å². The largest absolute Gasteiger partial charge is 0.353 e. The van der Waals surface area contributed by atoms with Gasteiger partial charge in [0.2, 0.25) is 11.8 Å². The molecule has 4 aliphatic rings. The summed E-state index contributed by atoms with van der Waals surface area (Å²) in [6, 6.07) is 5.87. The van der Waals surface area contributed by atoms with Gasteiger partial charge in [-0.3, -0.25) is 24.6 Å². The summed E-state index contributed by atoms with van der Waals surface area (Å²) in [4.78, 5) is 53.5. The second-order valence-electron chi connectivity index (χ2n) is 7.55. The van der Waals surface area contributed by atoms with Crippen LogP contribution in [0, 0.1) is 0 Å². The van der Waals surface area contributed by atoms with E-state index in [-0.39, 0.29) is 30.3 Å². The Kier molecular flexibility index (Phi) is 3.70. The number of nitrogens with zero attached hydrogens (tertiary/aromatic N) is 3. The van der Waals surface area contributed by atoms with Crippen molar-refractivity contribution in [1.29, 1.82) is 0 Å². The zero-order valence-electron chi connectivity index (χ0n) is 15.2. The molecule has 4 saturated heterocycles. The van der Waals surface area contributed by atoms with Crippen LogP contribution >= 0.6 is 0 Å². The number of carbonyl (C=O) groups is 4. The Hall–Kier alpha value is -2.94. The summed E-state index contributed by atoms with van der Waals surface area (Å²) < 4.78 is 6.04. The summed E-state index contributed by atoms with van der Waals surface area (Å²) in [5, 5.41) is 2.22. The van der Waals surface area contributed by atoms with Gasteiger partial charge in [0.15, 0.2) is 5.72 Å². The van der Waals surface area contributed by atoms with Crippen LogP contribution in [0.25, 0.3) is 0 Å². The quantitative estimate of drug-likeness (QED) is 0.740. The number of hydrogen-bond donors (Lipinski definition) is 1. The van der Waals surface area contributed by atoms with E-state index < -0.39 is 11.8 Å². The molecular weight excluding hydrogens is 364 g/mol. The van der Waals surface area contributed by atoms with E-state index in [0.29, 0.717) is 43.8 Å². The number of carbonyl (C=O) groups excluding carboxylic acids is 4. The van der Waals surface area contributed by atoms with E-state index in [1.807, 2.05) is 0 Å². The van der Waals surface area contributed by atoms with Gasteiger partial charge in [-0.25, -0.2) is 4.79 Å². The molecule has 1 aromatic rings. The van der Waals surface area contributed by atoms with Crippen LogP contribution in [0.2, 0.25) is 0 Å². The van der Waals surface area contributed by atoms with Crippen molar-refractivity contribution >= 4 is 29.4 Å². The summed E-state index contributed by atoms with van der Waals surface area (Å²) in [5.41, 5.74) is 0.364. The smallest absolute Gasteiger partial charge is 0.329 e. The molecule has 1 spiro atoms. The Bertz CT molecular complexity index is 885. The second kappa shape index (κ2) is 6.03. The van der Waals surface area contributed by atoms with Gasteiger partial charge in [0.05, 0.1) is 19.1 Å². The third kappa shape index (κ3) is 2.35. The standard InChI is InChI=1S/C19H20N4O5/c24-15-11-22(18(27)20-15)13-4-2-12(3-5-13)17(26)21-8-6-19-14(21)10-16(25)23(19)7-1-9-28-19/h2-5,14H,1,6-11H2,(H,20,24,27)/t14-,19+/m1/s1. The van der Waals surface area contributed by atoms with Crippen molar-refractivity contribution in [2.75, 3.05) is 31.1 Å². The van der Waals surface area contributed by atoms with E-state index in [2.05, 4.69) is 5.32 Å². The van der Waals surface area contributed by atoms with Crippen molar-refractivity contribution in [3.05, 3.63) is 29.8 Å². The number of ether oxygens (including phenoxy) is 1. The van der Waals surface area contributed by atoms with Crippen molar-refractivity contribution < 1.29 is 23.9 Å². The van der Waals surface area contributed by atoms with Crippen LogP contribution in [0.1, 0.15) is 29.6 Å². The number of benzene rings is 1. The van der Waals surface area contributed by atoms with Crippen molar-refractivity contribution in [2.24, 2.45) is 0 Å². The first kappa shape index (κ1) is 17.2. The molecule has 4 heterocycles. The summed E-state index contributed by atoms with van der Waals surface area (Å²) in [7, 11) is 0. The van der Waals surface area contributed by atoms with Gasteiger partial charge in [-0.15, -0.1) is 0 Å². The van der Waals surface area contributed by atoms with Gasteiger partial charge >= 0.3 is 6.03 Å². The van der Waals surface area contributed by atoms with E-state index in [1.165, 1.54) is 4.90 Å². The van der Waals surface area contributed by atoms with Gasteiger partial charge in [0, 0.05) is 30.8 Å².